The highest BCUT2D eigenvalue weighted by Gasteiger charge is 2.28. The number of likely N-dealkylation sites (tertiary alicyclic amines) is 1. The Morgan fingerprint density at radius 2 is 1.60 bits per heavy atom. The molecule has 3 aromatic carbocycles. The van der Waals surface area contributed by atoms with Crippen LogP contribution in [-0.2, 0) is 27.9 Å². The van der Waals surface area contributed by atoms with Gasteiger partial charge in [-0.15, -0.1) is 0 Å². The predicted molar refractivity (Wildman–Crippen MR) is 140 cm³/mol. The summed E-state index contributed by atoms with van der Waals surface area (Å²) >= 11 is 6.27. The van der Waals surface area contributed by atoms with Crippen molar-refractivity contribution in [2.45, 2.75) is 37.8 Å². The highest BCUT2D eigenvalue weighted by atomic mass is 35.5. The summed E-state index contributed by atoms with van der Waals surface area (Å²) in [6, 6.07) is 21.3. The topological polar surface area (TPSA) is 69.7 Å². The molecule has 35 heavy (non-hydrogen) atoms. The number of carbonyl (C=O) groups excluding carboxylic acids is 1. The smallest absolute Gasteiger partial charge is 0.264 e. The van der Waals surface area contributed by atoms with Gasteiger partial charge in [-0.3, -0.25) is 14.0 Å². The minimum absolute atomic E-state index is 0.112. The zero-order valence-electron chi connectivity index (χ0n) is 19.8. The van der Waals surface area contributed by atoms with Gasteiger partial charge in [0.15, 0.2) is 0 Å². The van der Waals surface area contributed by atoms with Crippen LogP contribution in [0.5, 0.6) is 0 Å². The molecule has 1 aliphatic rings. The largest absolute Gasteiger partial charge is 0.350 e. The van der Waals surface area contributed by atoms with Crippen molar-refractivity contribution in [3.05, 3.63) is 94.5 Å². The lowest BCUT2D eigenvalue weighted by Crippen LogP contribution is -2.41. The molecule has 1 heterocycles. The average Bonchev–Trinajstić information content (AvgIpc) is 3.37. The second kappa shape index (κ2) is 11.2. The highest BCUT2D eigenvalue weighted by Crippen LogP contribution is 2.30. The van der Waals surface area contributed by atoms with Crippen molar-refractivity contribution in [1.29, 1.82) is 0 Å². The minimum Gasteiger partial charge on any atom is -0.350 e. The summed E-state index contributed by atoms with van der Waals surface area (Å²) in [4.78, 5) is 15.5. The van der Waals surface area contributed by atoms with Gasteiger partial charge in [-0.05, 0) is 73.8 Å². The van der Waals surface area contributed by atoms with E-state index in [0.29, 0.717) is 22.8 Å². The van der Waals surface area contributed by atoms with Gasteiger partial charge in [0.1, 0.15) is 6.54 Å². The van der Waals surface area contributed by atoms with Crippen molar-refractivity contribution in [2.75, 3.05) is 23.9 Å². The first-order chi connectivity index (χ1) is 16.8. The van der Waals surface area contributed by atoms with Gasteiger partial charge in [0, 0.05) is 18.1 Å². The van der Waals surface area contributed by atoms with Crippen molar-refractivity contribution in [3.63, 3.8) is 0 Å². The van der Waals surface area contributed by atoms with Gasteiger partial charge in [0.2, 0.25) is 5.91 Å². The molecule has 0 radical (unpaired) electrons. The Balaban J connectivity index is 1.47. The van der Waals surface area contributed by atoms with Crippen molar-refractivity contribution < 1.29 is 13.2 Å². The van der Waals surface area contributed by atoms with Crippen LogP contribution in [0.3, 0.4) is 0 Å². The molecule has 1 fully saturated rings. The first-order valence-electron chi connectivity index (χ1n) is 11.7. The molecule has 1 aliphatic heterocycles. The standard InChI is InChI=1S/C27H30ClN3O3S/c1-21-25(28)10-7-11-26(21)31(35(33,34)24-8-3-2-4-9-24)20-27(32)29-18-22-12-14-23(15-13-22)19-30-16-5-6-17-30/h2-4,7-15H,5-6,16-20H2,1H3,(H,29,32). The quantitative estimate of drug-likeness (QED) is 0.450. The summed E-state index contributed by atoms with van der Waals surface area (Å²) in [5.41, 5.74) is 3.18. The first-order valence-corrected chi connectivity index (χ1v) is 13.6. The normalized spacial score (nSPS) is 14.1. The molecule has 0 saturated carbocycles. The third kappa shape index (κ3) is 6.23. The molecule has 1 amide bonds. The lowest BCUT2D eigenvalue weighted by Gasteiger charge is -2.26. The van der Waals surface area contributed by atoms with Crippen LogP contribution in [-0.4, -0.2) is 38.9 Å². The average molecular weight is 512 g/mol. The fourth-order valence-electron chi connectivity index (χ4n) is 4.23. The van der Waals surface area contributed by atoms with E-state index in [4.69, 9.17) is 11.6 Å². The molecule has 0 aromatic heterocycles. The summed E-state index contributed by atoms with van der Waals surface area (Å²) in [7, 11) is -3.98. The number of nitrogens with zero attached hydrogens (tertiary/aromatic N) is 2. The molecule has 8 heteroatoms. The SMILES string of the molecule is Cc1c(Cl)cccc1N(CC(=O)NCc1ccc(CN2CCCC2)cc1)S(=O)(=O)c1ccccc1. The number of sulfonamides is 1. The van der Waals surface area contributed by atoms with Crippen molar-refractivity contribution in [2.24, 2.45) is 0 Å². The lowest BCUT2D eigenvalue weighted by atomic mass is 10.1. The zero-order valence-corrected chi connectivity index (χ0v) is 21.4. The van der Waals surface area contributed by atoms with Gasteiger partial charge < -0.3 is 5.32 Å². The van der Waals surface area contributed by atoms with Crippen LogP contribution in [0, 0.1) is 6.92 Å². The van der Waals surface area contributed by atoms with Crippen LogP contribution in [0.25, 0.3) is 0 Å². The van der Waals surface area contributed by atoms with Crippen molar-refractivity contribution in [3.8, 4) is 0 Å². The number of hydrogen-bond donors (Lipinski definition) is 1. The highest BCUT2D eigenvalue weighted by molar-refractivity contribution is 7.92. The van der Waals surface area contributed by atoms with Crippen molar-refractivity contribution in [1.82, 2.24) is 10.2 Å². The van der Waals surface area contributed by atoms with E-state index in [-0.39, 0.29) is 11.4 Å². The molecule has 3 aromatic rings. The molecule has 0 aliphatic carbocycles. The first kappa shape index (κ1) is 25.2. The molecule has 0 atom stereocenters. The summed E-state index contributed by atoms with van der Waals surface area (Å²) in [5, 5.41) is 3.30. The van der Waals surface area contributed by atoms with Gasteiger partial charge in [0.05, 0.1) is 10.6 Å². The fourth-order valence-corrected chi connectivity index (χ4v) is 5.90. The van der Waals surface area contributed by atoms with E-state index in [1.54, 1.807) is 43.3 Å². The number of halogens is 1. The van der Waals surface area contributed by atoms with Crippen LogP contribution >= 0.6 is 11.6 Å². The number of carbonyl (C=O) groups is 1. The van der Waals surface area contributed by atoms with Crippen molar-refractivity contribution >= 4 is 33.2 Å². The third-order valence-corrected chi connectivity index (χ3v) is 8.43. The second-order valence-electron chi connectivity index (χ2n) is 8.79. The predicted octanol–water partition coefficient (Wildman–Crippen LogP) is 4.76. The monoisotopic (exact) mass is 511 g/mol. The number of amides is 1. The van der Waals surface area contributed by atoms with E-state index in [0.717, 1.165) is 29.5 Å². The summed E-state index contributed by atoms with van der Waals surface area (Å²) in [6.45, 7) is 4.94. The number of nitrogens with one attached hydrogen (secondary N) is 1. The molecule has 184 valence electrons. The Bertz CT molecular complexity index is 1260. The van der Waals surface area contributed by atoms with E-state index in [2.05, 4.69) is 22.3 Å². The summed E-state index contributed by atoms with van der Waals surface area (Å²) < 4.78 is 28.1. The fraction of sp³-hybridized carbons (Fsp3) is 0.296. The minimum atomic E-state index is -3.98. The van der Waals surface area contributed by atoms with Gasteiger partial charge in [0.25, 0.3) is 10.0 Å². The molecule has 6 nitrogen and oxygen atoms in total. The molecule has 0 spiro atoms. The third-order valence-electron chi connectivity index (χ3n) is 6.24. The maximum atomic E-state index is 13.5. The number of benzene rings is 3. The molecule has 4 rings (SSSR count). The number of rotatable bonds is 9. The van der Waals surface area contributed by atoms with E-state index < -0.39 is 15.9 Å². The molecular weight excluding hydrogens is 482 g/mol. The van der Waals surface area contributed by atoms with E-state index in [1.807, 2.05) is 12.1 Å². The Kier molecular flexibility index (Phi) is 8.11. The number of anilines is 1. The second-order valence-corrected chi connectivity index (χ2v) is 11.1. The van der Waals surface area contributed by atoms with Crippen LogP contribution in [0.2, 0.25) is 5.02 Å². The van der Waals surface area contributed by atoms with E-state index in [1.165, 1.54) is 30.5 Å². The molecule has 0 unspecified atom stereocenters. The summed E-state index contributed by atoms with van der Waals surface area (Å²) in [6.07, 6.45) is 2.52. The Morgan fingerprint density at radius 1 is 0.943 bits per heavy atom. The van der Waals surface area contributed by atoms with E-state index >= 15 is 0 Å². The van der Waals surface area contributed by atoms with Crippen LogP contribution in [0.1, 0.15) is 29.5 Å². The maximum Gasteiger partial charge on any atom is 0.264 e. The molecular formula is C27H30ClN3O3S. The maximum absolute atomic E-state index is 13.5. The Hall–Kier alpha value is -2.87. The van der Waals surface area contributed by atoms with Gasteiger partial charge >= 0.3 is 0 Å². The Morgan fingerprint density at radius 3 is 2.29 bits per heavy atom. The van der Waals surface area contributed by atoms with Gasteiger partial charge in [-0.2, -0.15) is 0 Å². The van der Waals surface area contributed by atoms with Gasteiger partial charge in [-0.25, -0.2) is 8.42 Å². The number of hydrogen-bond acceptors (Lipinski definition) is 4. The van der Waals surface area contributed by atoms with Crippen LogP contribution < -0.4 is 9.62 Å². The van der Waals surface area contributed by atoms with Gasteiger partial charge in [-0.1, -0.05) is 60.1 Å². The molecule has 1 N–H and O–H groups in total. The Labute approximate surface area is 212 Å². The summed E-state index contributed by atoms with van der Waals surface area (Å²) in [5.74, 6) is -0.398. The van der Waals surface area contributed by atoms with E-state index in [9.17, 15) is 13.2 Å². The van der Waals surface area contributed by atoms with Crippen LogP contribution in [0.15, 0.2) is 77.7 Å². The molecule has 0 bridgehead atoms. The van der Waals surface area contributed by atoms with Crippen LogP contribution in [0.4, 0.5) is 5.69 Å². The molecule has 1 saturated heterocycles. The zero-order chi connectivity index (χ0) is 24.8. The lowest BCUT2D eigenvalue weighted by molar-refractivity contribution is -0.119.